The summed E-state index contributed by atoms with van der Waals surface area (Å²) >= 11 is 0. The number of hydrogen-bond donors (Lipinski definition) is 2. The van der Waals surface area contributed by atoms with Gasteiger partial charge in [0.15, 0.2) is 5.82 Å². The predicted octanol–water partition coefficient (Wildman–Crippen LogP) is 5.97. The molecule has 4 rings (SSSR count). The van der Waals surface area contributed by atoms with Crippen molar-refractivity contribution < 1.29 is 22.5 Å². The van der Waals surface area contributed by atoms with Gasteiger partial charge in [0.25, 0.3) is 0 Å². The van der Waals surface area contributed by atoms with Crippen molar-refractivity contribution in [2.24, 2.45) is 0 Å². The maximum atomic E-state index is 12.9. The molecule has 0 unspecified atom stereocenters. The van der Waals surface area contributed by atoms with Crippen molar-refractivity contribution in [3.05, 3.63) is 66.2 Å². The number of carbonyl (C=O) groups excluding carboxylic acids is 1. The zero-order valence-electron chi connectivity index (χ0n) is 17.5. The van der Waals surface area contributed by atoms with Gasteiger partial charge in [0.1, 0.15) is 12.6 Å². The Balaban J connectivity index is 1.49. The third kappa shape index (κ3) is 4.29. The van der Waals surface area contributed by atoms with Crippen LogP contribution < -0.4 is 10.6 Å². The Morgan fingerprint density at radius 1 is 1.03 bits per heavy atom. The second-order valence-electron chi connectivity index (χ2n) is 8.27. The second kappa shape index (κ2) is 7.70. The van der Waals surface area contributed by atoms with E-state index in [-0.39, 0.29) is 10.9 Å². The van der Waals surface area contributed by atoms with E-state index in [4.69, 9.17) is 4.52 Å². The van der Waals surface area contributed by atoms with E-state index in [9.17, 15) is 18.0 Å². The van der Waals surface area contributed by atoms with E-state index in [0.29, 0.717) is 22.7 Å². The molecule has 2 aromatic carbocycles. The summed E-state index contributed by atoms with van der Waals surface area (Å²) in [5.41, 5.74) is 1.76. The van der Waals surface area contributed by atoms with Crippen LogP contribution in [-0.4, -0.2) is 20.7 Å². The lowest BCUT2D eigenvalue weighted by Gasteiger charge is -2.17. The lowest BCUT2D eigenvalue weighted by Crippen LogP contribution is -2.22. The van der Waals surface area contributed by atoms with Crippen LogP contribution in [0.2, 0.25) is 0 Å². The largest absolute Gasteiger partial charge is 0.416 e. The van der Waals surface area contributed by atoms with Gasteiger partial charge in [-0.3, -0.25) is 9.88 Å². The number of fused-ring (bicyclic) bond motifs is 1. The molecule has 32 heavy (non-hydrogen) atoms. The van der Waals surface area contributed by atoms with E-state index in [0.717, 1.165) is 17.7 Å². The Bertz CT molecular complexity index is 1270. The van der Waals surface area contributed by atoms with Crippen LogP contribution in [0.25, 0.3) is 16.7 Å². The third-order valence-corrected chi connectivity index (χ3v) is 4.89. The number of benzene rings is 2. The summed E-state index contributed by atoms with van der Waals surface area (Å²) in [5, 5.41) is 9.21. The maximum Gasteiger partial charge on any atom is 0.416 e. The molecule has 2 heterocycles. The first-order valence-electron chi connectivity index (χ1n) is 9.70. The lowest BCUT2D eigenvalue weighted by atomic mass is 9.89. The molecule has 2 aromatic heterocycles. The predicted molar refractivity (Wildman–Crippen MR) is 114 cm³/mol. The van der Waals surface area contributed by atoms with Gasteiger partial charge in [-0.25, -0.2) is 9.78 Å². The van der Waals surface area contributed by atoms with Crippen LogP contribution in [0.15, 0.2) is 59.6 Å². The molecule has 0 bridgehead atoms. The monoisotopic (exact) mass is 443 g/mol. The van der Waals surface area contributed by atoms with Gasteiger partial charge in [-0.15, -0.1) is 0 Å². The van der Waals surface area contributed by atoms with Crippen molar-refractivity contribution in [2.45, 2.75) is 32.4 Å². The molecule has 0 atom stereocenters. The van der Waals surface area contributed by atoms with Gasteiger partial charge in [-0.05, 0) is 47.9 Å². The summed E-state index contributed by atoms with van der Waals surface area (Å²) in [7, 11) is 0. The fourth-order valence-electron chi connectivity index (χ4n) is 3.23. The molecule has 7 nitrogen and oxygen atoms in total. The molecule has 10 heteroatoms. The van der Waals surface area contributed by atoms with Gasteiger partial charge in [0, 0.05) is 16.9 Å². The number of urea groups is 1. The Morgan fingerprint density at radius 2 is 1.75 bits per heavy atom. The van der Waals surface area contributed by atoms with Crippen molar-refractivity contribution in [3.63, 3.8) is 0 Å². The zero-order chi connectivity index (χ0) is 23.1. The van der Waals surface area contributed by atoms with Gasteiger partial charge < -0.3 is 9.84 Å². The van der Waals surface area contributed by atoms with Crippen LogP contribution in [0.4, 0.5) is 29.5 Å². The molecular formula is C22H20F3N5O2. The van der Waals surface area contributed by atoms with E-state index < -0.39 is 17.8 Å². The Hall–Kier alpha value is -3.82. The van der Waals surface area contributed by atoms with E-state index in [1.165, 1.54) is 18.7 Å². The molecule has 0 aliphatic rings. The first kappa shape index (κ1) is 21.4. The maximum absolute atomic E-state index is 12.9. The average Bonchev–Trinajstić information content (AvgIpc) is 3.34. The van der Waals surface area contributed by atoms with E-state index >= 15 is 0 Å². The Labute approximate surface area is 181 Å². The SMILES string of the molecule is CC(C)(C)c1conc1NC(=O)Nc1ccc(-n2cnc3cc(C(F)(F)F)ccc32)cc1. The first-order valence-corrected chi connectivity index (χ1v) is 9.70. The number of nitrogens with one attached hydrogen (secondary N) is 2. The summed E-state index contributed by atoms with van der Waals surface area (Å²) in [6.45, 7) is 5.93. The highest BCUT2D eigenvalue weighted by Gasteiger charge is 2.31. The normalized spacial score (nSPS) is 12.2. The van der Waals surface area contributed by atoms with Gasteiger partial charge in [0.2, 0.25) is 0 Å². The summed E-state index contributed by atoms with van der Waals surface area (Å²) < 4.78 is 45.4. The van der Waals surface area contributed by atoms with Crippen LogP contribution in [0.5, 0.6) is 0 Å². The number of nitrogens with zero attached hydrogens (tertiary/aromatic N) is 3. The summed E-state index contributed by atoms with van der Waals surface area (Å²) in [6.07, 6.45) is -1.47. The fraction of sp³-hybridized carbons (Fsp3) is 0.227. The van der Waals surface area contributed by atoms with Gasteiger partial charge in [-0.1, -0.05) is 25.9 Å². The van der Waals surface area contributed by atoms with Crippen LogP contribution in [0, 0.1) is 0 Å². The number of carbonyl (C=O) groups is 1. The summed E-state index contributed by atoms with van der Waals surface area (Å²) in [4.78, 5) is 16.4. The zero-order valence-corrected chi connectivity index (χ0v) is 17.5. The number of hydrogen-bond acceptors (Lipinski definition) is 4. The van der Waals surface area contributed by atoms with Crippen molar-refractivity contribution in [1.29, 1.82) is 0 Å². The number of alkyl halides is 3. The topological polar surface area (TPSA) is 85.0 Å². The minimum absolute atomic E-state index is 0.240. The van der Waals surface area contributed by atoms with Crippen molar-refractivity contribution >= 4 is 28.6 Å². The van der Waals surface area contributed by atoms with Gasteiger partial charge in [0.05, 0.1) is 16.6 Å². The second-order valence-corrected chi connectivity index (χ2v) is 8.27. The van der Waals surface area contributed by atoms with Crippen LogP contribution in [0.3, 0.4) is 0 Å². The third-order valence-electron chi connectivity index (χ3n) is 4.89. The molecule has 4 aromatic rings. The minimum atomic E-state index is -4.43. The molecule has 0 spiro atoms. The highest BCUT2D eigenvalue weighted by molar-refractivity contribution is 5.99. The Kier molecular flexibility index (Phi) is 5.15. The molecule has 0 saturated heterocycles. The molecule has 0 saturated carbocycles. The molecule has 2 amide bonds. The quantitative estimate of drug-likeness (QED) is 0.408. The first-order chi connectivity index (χ1) is 15.0. The van der Waals surface area contributed by atoms with E-state index in [1.54, 1.807) is 28.8 Å². The number of amides is 2. The van der Waals surface area contributed by atoms with E-state index in [2.05, 4.69) is 20.8 Å². The van der Waals surface area contributed by atoms with Gasteiger partial charge >= 0.3 is 12.2 Å². The fourth-order valence-corrected chi connectivity index (χ4v) is 3.23. The standard InChI is InChI=1S/C22H20F3N5O2/c1-21(2,3)16-11-32-29-19(16)28-20(31)27-14-5-7-15(8-6-14)30-12-26-17-10-13(22(23,24)25)4-9-18(17)30/h4-12H,1-3H3,(H2,27,28,29,31). The number of rotatable bonds is 3. The van der Waals surface area contributed by atoms with Crippen molar-refractivity contribution in [3.8, 4) is 5.69 Å². The molecular weight excluding hydrogens is 423 g/mol. The van der Waals surface area contributed by atoms with Gasteiger partial charge in [-0.2, -0.15) is 13.2 Å². The van der Waals surface area contributed by atoms with E-state index in [1.807, 2.05) is 20.8 Å². The molecule has 166 valence electrons. The smallest absolute Gasteiger partial charge is 0.362 e. The molecule has 0 radical (unpaired) electrons. The number of anilines is 2. The minimum Gasteiger partial charge on any atom is -0.362 e. The molecule has 0 aliphatic heterocycles. The highest BCUT2D eigenvalue weighted by atomic mass is 19.4. The summed E-state index contributed by atoms with van der Waals surface area (Å²) in [5.74, 6) is 0.342. The van der Waals surface area contributed by atoms with Crippen molar-refractivity contribution in [1.82, 2.24) is 14.7 Å². The summed E-state index contributed by atoms with van der Waals surface area (Å²) in [6, 6.07) is 9.76. The number of halogens is 3. The van der Waals surface area contributed by atoms with Crippen molar-refractivity contribution in [2.75, 3.05) is 10.6 Å². The average molecular weight is 443 g/mol. The molecule has 0 aliphatic carbocycles. The highest BCUT2D eigenvalue weighted by Crippen LogP contribution is 2.32. The molecule has 0 fully saturated rings. The lowest BCUT2D eigenvalue weighted by molar-refractivity contribution is -0.137. The number of aromatic nitrogens is 3. The van der Waals surface area contributed by atoms with Crippen LogP contribution in [-0.2, 0) is 11.6 Å². The number of imidazole rings is 1. The van der Waals surface area contributed by atoms with Crippen LogP contribution >= 0.6 is 0 Å². The Morgan fingerprint density at radius 3 is 2.41 bits per heavy atom. The van der Waals surface area contributed by atoms with Crippen LogP contribution in [0.1, 0.15) is 31.9 Å². The molecule has 2 N–H and O–H groups in total.